The molecule has 0 radical (unpaired) electrons. The van der Waals surface area contributed by atoms with Crippen LogP contribution in [0.25, 0.3) is 0 Å². The number of ether oxygens (including phenoxy) is 1. The molecule has 2 rings (SSSR count). The summed E-state index contributed by atoms with van der Waals surface area (Å²) in [6.07, 6.45) is 7.62. The van der Waals surface area contributed by atoms with Gasteiger partial charge in [0, 0.05) is 19.7 Å². The summed E-state index contributed by atoms with van der Waals surface area (Å²) in [5.41, 5.74) is 0. The molecule has 0 aromatic heterocycles. The SMILES string of the molecule is CCCN(CC1CCNCC1)C(=O)CC1CCCCO1. The Labute approximate surface area is 123 Å². The zero-order valence-corrected chi connectivity index (χ0v) is 12.9. The van der Waals surface area contributed by atoms with E-state index in [2.05, 4.69) is 17.1 Å². The minimum atomic E-state index is 0.170. The van der Waals surface area contributed by atoms with Gasteiger partial charge in [0.25, 0.3) is 0 Å². The smallest absolute Gasteiger partial charge is 0.225 e. The number of rotatable bonds is 6. The number of hydrogen-bond donors (Lipinski definition) is 1. The van der Waals surface area contributed by atoms with Crippen LogP contribution in [0.2, 0.25) is 0 Å². The van der Waals surface area contributed by atoms with Crippen LogP contribution >= 0.6 is 0 Å². The molecule has 0 saturated carbocycles. The van der Waals surface area contributed by atoms with E-state index < -0.39 is 0 Å². The molecule has 0 bridgehead atoms. The van der Waals surface area contributed by atoms with E-state index >= 15 is 0 Å². The third-order valence-corrected chi connectivity index (χ3v) is 4.46. The summed E-state index contributed by atoms with van der Waals surface area (Å²) in [7, 11) is 0. The molecular weight excluding hydrogens is 252 g/mol. The molecule has 2 aliphatic heterocycles. The van der Waals surface area contributed by atoms with Crippen LogP contribution in [-0.4, -0.2) is 49.7 Å². The molecule has 2 aliphatic rings. The monoisotopic (exact) mass is 282 g/mol. The van der Waals surface area contributed by atoms with Crippen LogP contribution in [0.5, 0.6) is 0 Å². The summed E-state index contributed by atoms with van der Waals surface area (Å²) in [6, 6.07) is 0. The summed E-state index contributed by atoms with van der Waals surface area (Å²) < 4.78 is 5.71. The van der Waals surface area contributed by atoms with Gasteiger partial charge in [0.05, 0.1) is 12.5 Å². The Morgan fingerprint density at radius 2 is 2.05 bits per heavy atom. The van der Waals surface area contributed by atoms with Crippen molar-refractivity contribution < 1.29 is 9.53 Å². The second-order valence-electron chi connectivity index (χ2n) is 6.23. The third-order valence-electron chi connectivity index (χ3n) is 4.46. The molecule has 1 amide bonds. The molecule has 4 heteroatoms. The number of hydrogen-bond acceptors (Lipinski definition) is 3. The maximum Gasteiger partial charge on any atom is 0.225 e. The average molecular weight is 282 g/mol. The first-order chi connectivity index (χ1) is 9.79. The molecule has 1 N–H and O–H groups in total. The number of nitrogens with zero attached hydrogens (tertiary/aromatic N) is 1. The fraction of sp³-hybridized carbons (Fsp3) is 0.938. The third kappa shape index (κ3) is 5.06. The van der Waals surface area contributed by atoms with Crippen molar-refractivity contribution in [3.8, 4) is 0 Å². The number of carbonyl (C=O) groups is 1. The van der Waals surface area contributed by atoms with Crippen LogP contribution in [0.4, 0.5) is 0 Å². The minimum absolute atomic E-state index is 0.170. The molecule has 1 atom stereocenters. The van der Waals surface area contributed by atoms with Gasteiger partial charge in [-0.2, -0.15) is 0 Å². The van der Waals surface area contributed by atoms with Crippen molar-refractivity contribution in [2.75, 3.05) is 32.8 Å². The van der Waals surface area contributed by atoms with Gasteiger partial charge in [0.15, 0.2) is 0 Å². The lowest BCUT2D eigenvalue weighted by molar-refractivity contribution is -0.136. The van der Waals surface area contributed by atoms with Crippen LogP contribution in [0.1, 0.15) is 51.9 Å². The van der Waals surface area contributed by atoms with E-state index in [-0.39, 0.29) is 6.10 Å². The first kappa shape index (κ1) is 15.8. The van der Waals surface area contributed by atoms with Crippen molar-refractivity contribution in [1.29, 1.82) is 0 Å². The van der Waals surface area contributed by atoms with E-state index in [0.717, 1.165) is 52.0 Å². The number of amides is 1. The summed E-state index contributed by atoms with van der Waals surface area (Å²) in [5, 5.41) is 3.39. The van der Waals surface area contributed by atoms with Gasteiger partial charge in [0.1, 0.15) is 0 Å². The Hall–Kier alpha value is -0.610. The molecule has 2 fully saturated rings. The van der Waals surface area contributed by atoms with Crippen LogP contribution in [-0.2, 0) is 9.53 Å². The van der Waals surface area contributed by atoms with Crippen molar-refractivity contribution in [3.63, 3.8) is 0 Å². The van der Waals surface area contributed by atoms with E-state index in [9.17, 15) is 4.79 Å². The Morgan fingerprint density at radius 1 is 1.25 bits per heavy atom. The Balaban J connectivity index is 1.80. The summed E-state index contributed by atoms with van der Waals surface area (Å²) in [5.74, 6) is 0.983. The lowest BCUT2D eigenvalue weighted by Gasteiger charge is -2.31. The fourth-order valence-electron chi connectivity index (χ4n) is 3.26. The van der Waals surface area contributed by atoms with E-state index in [0.29, 0.717) is 18.2 Å². The van der Waals surface area contributed by atoms with Crippen LogP contribution < -0.4 is 5.32 Å². The number of nitrogens with one attached hydrogen (secondary N) is 1. The van der Waals surface area contributed by atoms with Gasteiger partial charge in [-0.05, 0) is 57.5 Å². The van der Waals surface area contributed by atoms with Crippen LogP contribution in [0, 0.1) is 5.92 Å². The number of piperidine rings is 1. The Kier molecular flexibility index (Phi) is 6.80. The second-order valence-corrected chi connectivity index (χ2v) is 6.23. The fourth-order valence-corrected chi connectivity index (χ4v) is 3.26. The summed E-state index contributed by atoms with van der Waals surface area (Å²) in [6.45, 7) is 7.03. The normalized spacial score (nSPS) is 24.6. The lowest BCUT2D eigenvalue weighted by atomic mass is 9.97. The summed E-state index contributed by atoms with van der Waals surface area (Å²) in [4.78, 5) is 14.6. The van der Waals surface area contributed by atoms with Crippen molar-refractivity contribution in [3.05, 3.63) is 0 Å². The van der Waals surface area contributed by atoms with Gasteiger partial charge < -0.3 is 15.0 Å². The van der Waals surface area contributed by atoms with Crippen LogP contribution in [0.15, 0.2) is 0 Å². The van der Waals surface area contributed by atoms with E-state index in [1.807, 2.05) is 0 Å². The zero-order valence-electron chi connectivity index (χ0n) is 12.9. The predicted molar refractivity (Wildman–Crippen MR) is 80.7 cm³/mol. The maximum atomic E-state index is 12.5. The second kappa shape index (κ2) is 8.63. The first-order valence-corrected chi connectivity index (χ1v) is 8.39. The lowest BCUT2D eigenvalue weighted by Crippen LogP contribution is -2.41. The molecule has 0 aromatic rings. The molecule has 2 heterocycles. The average Bonchev–Trinajstić information content (AvgIpc) is 2.49. The van der Waals surface area contributed by atoms with E-state index in [4.69, 9.17) is 4.74 Å². The van der Waals surface area contributed by atoms with Crippen LogP contribution in [0.3, 0.4) is 0 Å². The van der Waals surface area contributed by atoms with Crippen molar-refractivity contribution in [2.24, 2.45) is 5.92 Å². The first-order valence-electron chi connectivity index (χ1n) is 8.39. The Morgan fingerprint density at radius 3 is 2.70 bits per heavy atom. The highest BCUT2D eigenvalue weighted by molar-refractivity contribution is 5.76. The molecule has 2 saturated heterocycles. The quantitative estimate of drug-likeness (QED) is 0.812. The maximum absolute atomic E-state index is 12.5. The van der Waals surface area contributed by atoms with Gasteiger partial charge in [0.2, 0.25) is 5.91 Å². The van der Waals surface area contributed by atoms with Gasteiger partial charge in [-0.25, -0.2) is 0 Å². The molecule has 0 spiro atoms. The largest absolute Gasteiger partial charge is 0.378 e. The zero-order chi connectivity index (χ0) is 14.2. The standard InChI is InChI=1S/C16H30N2O2/c1-2-10-18(13-14-6-8-17-9-7-14)16(19)12-15-5-3-4-11-20-15/h14-15,17H,2-13H2,1H3. The van der Waals surface area contributed by atoms with Gasteiger partial charge in [-0.15, -0.1) is 0 Å². The van der Waals surface area contributed by atoms with Gasteiger partial charge in [-0.1, -0.05) is 6.92 Å². The highest BCUT2D eigenvalue weighted by Gasteiger charge is 2.24. The molecular formula is C16H30N2O2. The molecule has 0 aliphatic carbocycles. The molecule has 4 nitrogen and oxygen atoms in total. The van der Waals surface area contributed by atoms with Gasteiger partial charge in [-0.3, -0.25) is 4.79 Å². The van der Waals surface area contributed by atoms with Crippen molar-refractivity contribution in [1.82, 2.24) is 10.2 Å². The summed E-state index contributed by atoms with van der Waals surface area (Å²) >= 11 is 0. The number of carbonyl (C=O) groups excluding carboxylic acids is 1. The van der Waals surface area contributed by atoms with Crippen molar-refractivity contribution in [2.45, 2.75) is 58.0 Å². The van der Waals surface area contributed by atoms with E-state index in [1.54, 1.807) is 0 Å². The topological polar surface area (TPSA) is 41.6 Å². The molecule has 20 heavy (non-hydrogen) atoms. The highest BCUT2D eigenvalue weighted by atomic mass is 16.5. The molecule has 116 valence electrons. The minimum Gasteiger partial charge on any atom is -0.378 e. The van der Waals surface area contributed by atoms with E-state index in [1.165, 1.54) is 19.3 Å². The Bertz CT molecular complexity index is 284. The highest BCUT2D eigenvalue weighted by Crippen LogP contribution is 2.19. The molecule has 0 aromatic carbocycles. The predicted octanol–water partition coefficient (Wildman–Crippen LogP) is 2.18. The molecule has 1 unspecified atom stereocenters. The van der Waals surface area contributed by atoms with Crippen molar-refractivity contribution >= 4 is 5.91 Å². The van der Waals surface area contributed by atoms with Gasteiger partial charge >= 0.3 is 0 Å².